The first-order chi connectivity index (χ1) is 15.2. The van der Waals surface area contributed by atoms with Crippen LogP contribution in [-0.2, 0) is 4.79 Å². The number of amidine groups is 1. The number of halogens is 2. The largest absolute Gasteiger partial charge is 0.366 e. The van der Waals surface area contributed by atoms with Crippen molar-refractivity contribution in [1.29, 1.82) is 0 Å². The number of rotatable bonds is 4. The van der Waals surface area contributed by atoms with Gasteiger partial charge >= 0.3 is 0 Å². The van der Waals surface area contributed by atoms with Crippen molar-refractivity contribution in [3.63, 3.8) is 0 Å². The molecule has 1 fully saturated rings. The van der Waals surface area contributed by atoms with Crippen molar-refractivity contribution in [2.75, 3.05) is 11.4 Å². The van der Waals surface area contributed by atoms with E-state index in [9.17, 15) is 9.18 Å². The monoisotopic (exact) mass is 471 g/mol. The van der Waals surface area contributed by atoms with E-state index in [1.54, 1.807) is 12.1 Å². The predicted octanol–water partition coefficient (Wildman–Crippen LogP) is 6.87. The van der Waals surface area contributed by atoms with E-state index in [0.29, 0.717) is 26.7 Å². The zero-order valence-corrected chi connectivity index (χ0v) is 20.3. The molecule has 0 radical (unpaired) electrons. The van der Waals surface area contributed by atoms with Gasteiger partial charge in [0.25, 0.3) is 5.91 Å². The number of thioether (sulfide) groups is 1. The Kier molecular flexibility index (Phi) is 6.37. The number of aliphatic imine (C=N–C) groups is 1. The Bertz CT molecular complexity index is 1110. The van der Waals surface area contributed by atoms with Crippen LogP contribution in [0.5, 0.6) is 0 Å². The fourth-order valence-corrected chi connectivity index (χ4v) is 5.58. The molecule has 2 heterocycles. The van der Waals surface area contributed by atoms with Crippen molar-refractivity contribution in [3.8, 4) is 0 Å². The molecule has 4 rings (SSSR count). The molecule has 2 aromatic carbocycles. The average Bonchev–Trinajstić information content (AvgIpc) is 3.06. The van der Waals surface area contributed by atoms with Gasteiger partial charge in [-0.1, -0.05) is 25.4 Å². The Morgan fingerprint density at radius 3 is 2.72 bits per heavy atom. The Hall–Kier alpha value is -2.31. The molecule has 0 spiro atoms. The molecule has 2 aliphatic heterocycles. The number of hydrogen-bond acceptors (Lipinski definition) is 4. The van der Waals surface area contributed by atoms with E-state index >= 15 is 0 Å². The molecule has 32 heavy (non-hydrogen) atoms. The molecule has 0 aliphatic carbocycles. The minimum atomic E-state index is -0.324. The van der Waals surface area contributed by atoms with Crippen molar-refractivity contribution >= 4 is 51.9 Å². The van der Waals surface area contributed by atoms with Crippen molar-refractivity contribution in [1.82, 2.24) is 5.32 Å². The molecule has 1 unspecified atom stereocenters. The lowest BCUT2D eigenvalue weighted by molar-refractivity contribution is -0.115. The summed E-state index contributed by atoms with van der Waals surface area (Å²) in [5, 5.41) is 3.86. The molecule has 1 N–H and O–H groups in total. The summed E-state index contributed by atoms with van der Waals surface area (Å²) in [7, 11) is 0. The lowest BCUT2D eigenvalue weighted by Gasteiger charge is -2.47. The highest BCUT2D eigenvalue weighted by molar-refractivity contribution is 8.18. The van der Waals surface area contributed by atoms with E-state index in [-0.39, 0.29) is 17.3 Å². The number of benzene rings is 2. The molecule has 1 saturated heterocycles. The summed E-state index contributed by atoms with van der Waals surface area (Å²) >= 11 is 7.95. The smallest absolute Gasteiger partial charge is 0.264 e. The lowest BCUT2D eigenvalue weighted by Crippen LogP contribution is -2.48. The number of carbonyl (C=O) groups is 1. The van der Waals surface area contributed by atoms with Gasteiger partial charge in [-0.2, -0.15) is 0 Å². The molecular formula is C25H27ClFN3OS. The Labute approximate surface area is 197 Å². The standard InChI is InChI=1S/C25H27ClFN3OS/c1-5-10-30-21-13-20(26)16(11-19(21)15(2)14-25(30,3)4)12-22-23(31)29-24(32-22)28-18-8-6-17(27)7-9-18/h6-9,11-13,15H,5,10,14H2,1-4H3,(H,28,29,31)/b22-12+. The highest BCUT2D eigenvalue weighted by Crippen LogP contribution is 2.45. The lowest BCUT2D eigenvalue weighted by atomic mass is 9.79. The number of nitrogens with one attached hydrogen (secondary N) is 1. The van der Waals surface area contributed by atoms with Crippen molar-refractivity contribution < 1.29 is 9.18 Å². The van der Waals surface area contributed by atoms with Gasteiger partial charge in [-0.15, -0.1) is 0 Å². The molecule has 0 aromatic heterocycles. The second kappa shape index (κ2) is 8.91. The SMILES string of the molecule is CCCN1c2cc(Cl)c(/C=C3/SC(=Nc4ccc(F)cc4)NC3=O)cc2C(C)CC1(C)C. The number of hydrogen-bond donors (Lipinski definition) is 1. The highest BCUT2D eigenvalue weighted by atomic mass is 35.5. The van der Waals surface area contributed by atoms with Crippen LogP contribution in [0, 0.1) is 5.82 Å². The second-order valence-electron chi connectivity index (χ2n) is 8.96. The third-order valence-corrected chi connectivity index (χ3v) is 7.18. The van der Waals surface area contributed by atoms with E-state index in [2.05, 4.69) is 49.0 Å². The van der Waals surface area contributed by atoms with Gasteiger partial charge in [0.15, 0.2) is 5.17 Å². The van der Waals surface area contributed by atoms with E-state index < -0.39 is 0 Å². The van der Waals surface area contributed by atoms with Gasteiger partial charge in [-0.25, -0.2) is 9.38 Å². The van der Waals surface area contributed by atoms with Crippen molar-refractivity contribution in [3.05, 3.63) is 63.3 Å². The van der Waals surface area contributed by atoms with E-state index in [1.807, 2.05) is 12.1 Å². The number of anilines is 1. The Morgan fingerprint density at radius 1 is 1.31 bits per heavy atom. The molecule has 1 amide bonds. The summed E-state index contributed by atoms with van der Waals surface area (Å²) in [5.74, 6) is -0.149. The minimum Gasteiger partial charge on any atom is -0.366 e. The zero-order valence-electron chi connectivity index (χ0n) is 18.7. The van der Waals surface area contributed by atoms with Crippen LogP contribution in [0.25, 0.3) is 6.08 Å². The van der Waals surface area contributed by atoms with Gasteiger partial charge in [-0.3, -0.25) is 4.79 Å². The predicted molar refractivity (Wildman–Crippen MR) is 133 cm³/mol. The van der Waals surface area contributed by atoms with Crippen LogP contribution in [0.3, 0.4) is 0 Å². The molecule has 2 aromatic rings. The minimum absolute atomic E-state index is 0.0681. The van der Waals surface area contributed by atoms with Crippen molar-refractivity contribution in [2.45, 2.75) is 52.0 Å². The van der Waals surface area contributed by atoms with E-state index in [0.717, 1.165) is 24.9 Å². The van der Waals surface area contributed by atoms with Gasteiger partial charge < -0.3 is 10.2 Å². The molecule has 0 bridgehead atoms. The molecule has 2 aliphatic rings. The summed E-state index contributed by atoms with van der Waals surface area (Å²) in [6.45, 7) is 9.99. The summed E-state index contributed by atoms with van der Waals surface area (Å²) in [5.41, 5.74) is 3.92. The maximum atomic E-state index is 13.1. The molecule has 4 nitrogen and oxygen atoms in total. The maximum absolute atomic E-state index is 13.1. The van der Waals surface area contributed by atoms with Crippen LogP contribution in [0.15, 0.2) is 46.3 Å². The van der Waals surface area contributed by atoms with Crippen LogP contribution in [0.2, 0.25) is 5.02 Å². The van der Waals surface area contributed by atoms with Crippen LogP contribution in [0.4, 0.5) is 15.8 Å². The number of fused-ring (bicyclic) bond motifs is 1. The number of amides is 1. The summed E-state index contributed by atoms with van der Waals surface area (Å²) < 4.78 is 13.1. The van der Waals surface area contributed by atoms with Gasteiger partial charge in [0.2, 0.25) is 0 Å². The highest BCUT2D eigenvalue weighted by Gasteiger charge is 2.36. The zero-order chi connectivity index (χ0) is 23.0. The number of carbonyl (C=O) groups excluding carboxylic acids is 1. The number of nitrogens with zero attached hydrogens (tertiary/aromatic N) is 2. The molecule has 1 atom stereocenters. The van der Waals surface area contributed by atoms with Crippen LogP contribution in [0.1, 0.15) is 57.6 Å². The summed E-state index contributed by atoms with van der Waals surface area (Å²) in [6, 6.07) is 9.99. The fraction of sp³-hybridized carbons (Fsp3) is 0.360. The molecular weight excluding hydrogens is 445 g/mol. The summed E-state index contributed by atoms with van der Waals surface area (Å²) in [6.07, 6.45) is 3.95. The first-order valence-corrected chi connectivity index (χ1v) is 12.0. The molecule has 0 saturated carbocycles. The van der Waals surface area contributed by atoms with Crippen LogP contribution in [-0.4, -0.2) is 23.2 Å². The van der Waals surface area contributed by atoms with Gasteiger partial charge in [0.1, 0.15) is 5.82 Å². The first-order valence-electron chi connectivity index (χ1n) is 10.8. The summed E-state index contributed by atoms with van der Waals surface area (Å²) in [4.78, 5) is 19.9. The van der Waals surface area contributed by atoms with Gasteiger partial charge in [-0.05, 0) is 98.0 Å². The van der Waals surface area contributed by atoms with Crippen molar-refractivity contribution in [2.24, 2.45) is 4.99 Å². The molecule has 168 valence electrons. The van der Waals surface area contributed by atoms with Gasteiger partial charge in [0.05, 0.1) is 10.6 Å². The van der Waals surface area contributed by atoms with Crippen LogP contribution >= 0.6 is 23.4 Å². The normalized spacial score (nSPS) is 22.4. The Balaban J connectivity index is 1.65. The third kappa shape index (κ3) is 4.57. The quantitative estimate of drug-likeness (QED) is 0.494. The third-order valence-electron chi connectivity index (χ3n) is 5.95. The van der Waals surface area contributed by atoms with E-state index in [1.165, 1.54) is 35.1 Å². The maximum Gasteiger partial charge on any atom is 0.264 e. The fourth-order valence-electron chi connectivity index (χ4n) is 4.53. The van der Waals surface area contributed by atoms with Crippen LogP contribution < -0.4 is 10.2 Å². The van der Waals surface area contributed by atoms with Gasteiger partial charge in [0, 0.05) is 22.8 Å². The topological polar surface area (TPSA) is 44.7 Å². The Morgan fingerprint density at radius 2 is 2.03 bits per heavy atom. The average molecular weight is 472 g/mol. The second-order valence-corrected chi connectivity index (χ2v) is 10.4. The van der Waals surface area contributed by atoms with E-state index in [4.69, 9.17) is 11.6 Å². The first kappa shape index (κ1) is 22.9. The molecule has 7 heteroatoms.